The SMILES string of the molecule is CCC1C(C)C([Si](C)(C)C)C2C(C)C(C)C(C)C(C)C12. The van der Waals surface area contributed by atoms with E-state index in [0.29, 0.717) is 0 Å². The maximum absolute atomic E-state index is 2.63. The average molecular weight is 295 g/mol. The molecule has 2 aliphatic rings. The van der Waals surface area contributed by atoms with Crippen LogP contribution in [0.1, 0.15) is 48.0 Å². The van der Waals surface area contributed by atoms with Gasteiger partial charge in [-0.3, -0.25) is 0 Å². The molecule has 2 fully saturated rings. The van der Waals surface area contributed by atoms with Crippen LogP contribution in [0.25, 0.3) is 0 Å². The highest BCUT2D eigenvalue weighted by Crippen LogP contribution is 2.64. The minimum Gasteiger partial charge on any atom is -0.0693 e. The first-order valence-electron chi connectivity index (χ1n) is 9.12. The van der Waals surface area contributed by atoms with Crippen LogP contribution >= 0.6 is 0 Å². The van der Waals surface area contributed by atoms with E-state index in [9.17, 15) is 0 Å². The summed E-state index contributed by atoms with van der Waals surface area (Å²) in [6, 6.07) is 0. The zero-order valence-electron chi connectivity index (χ0n) is 15.4. The van der Waals surface area contributed by atoms with Crippen LogP contribution in [-0.4, -0.2) is 8.07 Å². The van der Waals surface area contributed by atoms with Crippen molar-refractivity contribution < 1.29 is 0 Å². The first kappa shape index (κ1) is 16.6. The van der Waals surface area contributed by atoms with Crippen molar-refractivity contribution in [1.29, 1.82) is 0 Å². The van der Waals surface area contributed by atoms with Gasteiger partial charge in [-0.05, 0) is 52.9 Å². The van der Waals surface area contributed by atoms with E-state index < -0.39 is 8.07 Å². The summed E-state index contributed by atoms with van der Waals surface area (Å²) < 4.78 is 0. The van der Waals surface area contributed by atoms with Crippen LogP contribution < -0.4 is 0 Å². The number of hydrogen-bond donors (Lipinski definition) is 0. The molecule has 9 atom stereocenters. The summed E-state index contributed by atoms with van der Waals surface area (Å²) in [5.74, 6) is 7.66. The molecule has 118 valence electrons. The Morgan fingerprint density at radius 3 is 1.50 bits per heavy atom. The highest BCUT2D eigenvalue weighted by atomic mass is 28.3. The summed E-state index contributed by atoms with van der Waals surface area (Å²) in [6.07, 6.45) is 1.40. The Morgan fingerprint density at radius 1 is 0.650 bits per heavy atom. The normalized spacial score (nSPS) is 53.0. The van der Waals surface area contributed by atoms with Crippen LogP contribution in [0.5, 0.6) is 0 Å². The summed E-state index contributed by atoms with van der Waals surface area (Å²) in [7, 11) is -1.08. The van der Waals surface area contributed by atoms with Gasteiger partial charge < -0.3 is 0 Å². The molecule has 0 N–H and O–H groups in total. The lowest BCUT2D eigenvalue weighted by molar-refractivity contribution is 0.00977. The highest BCUT2D eigenvalue weighted by Gasteiger charge is 2.58. The summed E-state index contributed by atoms with van der Waals surface area (Å²) in [5, 5.41) is 0. The van der Waals surface area contributed by atoms with E-state index >= 15 is 0 Å². The van der Waals surface area contributed by atoms with Crippen molar-refractivity contribution in [3.05, 3.63) is 0 Å². The van der Waals surface area contributed by atoms with Crippen molar-refractivity contribution in [2.75, 3.05) is 0 Å². The first-order chi connectivity index (χ1) is 9.12. The number of rotatable bonds is 2. The maximum atomic E-state index is 2.63. The van der Waals surface area contributed by atoms with Gasteiger partial charge >= 0.3 is 0 Å². The van der Waals surface area contributed by atoms with Crippen LogP contribution in [0.15, 0.2) is 0 Å². The smallest absolute Gasteiger partial charge is 0.0479 e. The molecule has 0 spiro atoms. The highest BCUT2D eigenvalue weighted by molar-refractivity contribution is 6.77. The van der Waals surface area contributed by atoms with Crippen LogP contribution in [0.4, 0.5) is 0 Å². The lowest BCUT2D eigenvalue weighted by Gasteiger charge is -2.50. The molecule has 0 bridgehead atoms. The molecule has 1 heteroatoms. The molecule has 2 saturated carbocycles. The lowest BCUT2D eigenvalue weighted by Crippen LogP contribution is -2.45. The molecule has 20 heavy (non-hydrogen) atoms. The fourth-order valence-corrected chi connectivity index (χ4v) is 10.1. The average Bonchev–Trinajstić information content (AvgIpc) is 2.66. The van der Waals surface area contributed by atoms with Gasteiger partial charge in [-0.2, -0.15) is 0 Å². The van der Waals surface area contributed by atoms with Gasteiger partial charge in [0.05, 0.1) is 0 Å². The van der Waals surface area contributed by atoms with E-state index in [1.165, 1.54) is 6.42 Å². The molecule has 9 unspecified atom stereocenters. The second-order valence-electron chi connectivity index (χ2n) is 9.41. The fourth-order valence-electron chi connectivity index (χ4n) is 6.58. The molecule has 0 aromatic carbocycles. The Labute approximate surface area is 129 Å². The predicted octanol–water partition coefficient (Wildman–Crippen LogP) is 6.16. The molecule has 0 aromatic heterocycles. The first-order valence-corrected chi connectivity index (χ1v) is 12.7. The van der Waals surface area contributed by atoms with Gasteiger partial charge in [-0.1, -0.05) is 67.6 Å². The van der Waals surface area contributed by atoms with Gasteiger partial charge in [0, 0.05) is 8.07 Å². The Morgan fingerprint density at radius 2 is 1.10 bits per heavy atom. The summed E-state index contributed by atoms with van der Waals surface area (Å²) in [6.45, 7) is 23.2. The largest absolute Gasteiger partial charge is 0.0693 e. The third kappa shape index (κ3) is 2.32. The van der Waals surface area contributed by atoms with Gasteiger partial charge in [0.15, 0.2) is 0 Å². The minimum atomic E-state index is -1.08. The van der Waals surface area contributed by atoms with E-state index in [2.05, 4.69) is 61.2 Å². The van der Waals surface area contributed by atoms with Gasteiger partial charge in [0.2, 0.25) is 0 Å². The van der Waals surface area contributed by atoms with E-state index in [-0.39, 0.29) is 0 Å². The van der Waals surface area contributed by atoms with Crippen molar-refractivity contribution in [3.63, 3.8) is 0 Å². The topological polar surface area (TPSA) is 0 Å². The molecule has 0 radical (unpaired) electrons. The molecule has 0 saturated heterocycles. The number of hydrogen-bond acceptors (Lipinski definition) is 0. The lowest BCUT2D eigenvalue weighted by atomic mass is 9.58. The number of fused-ring (bicyclic) bond motifs is 1. The Bertz CT molecular complexity index is 342. The minimum absolute atomic E-state index is 0.910. The molecule has 0 aliphatic heterocycles. The molecule has 0 amide bonds. The monoisotopic (exact) mass is 294 g/mol. The maximum Gasteiger partial charge on any atom is 0.0479 e. The molecular formula is C19H38Si. The molecular weight excluding hydrogens is 256 g/mol. The van der Waals surface area contributed by atoms with Gasteiger partial charge in [0.1, 0.15) is 0 Å². The van der Waals surface area contributed by atoms with E-state index in [0.717, 1.165) is 52.9 Å². The van der Waals surface area contributed by atoms with Crippen LogP contribution in [0.3, 0.4) is 0 Å². The third-order valence-corrected chi connectivity index (χ3v) is 10.7. The van der Waals surface area contributed by atoms with Gasteiger partial charge in [-0.15, -0.1) is 0 Å². The standard InChI is InChI=1S/C19H38Si/c1-10-16-15(6)19(20(7,8)9)18-14(5)12(3)11(2)13(4)17(16)18/h11-19H,10H2,1-9H3. The summed E-state index contributed by atoms with van der Waals surface area (Å²) in [4.78, 5) is 0. The van der Waals surface area contributed by atoms with Gasteiger partial charge in [0.25, 0.3) is 0 Å². The van der Waals surface area contributed by atoms with Crippen molar-refractivity contribution >= 4 is 8.07 Å². The van der Waals surface area contributed by atoms with Crippen LogP contribution in [0, 0.1) is 47.3 Å². The van der Waals surface area contributed by atoms with Crippen LogP contribution in [0.2, 0.25) is 25.2 Å². The van der Waals surface area contributed by atoms with Crippen molar-refractivity contribution in [2.24, 2.45) is 47.3 Å². The van der Waals surface area contributed by atoms with Crippen molar-refractivity contribution in [3.8, 4) is 0 Å². The molecule has 2 rings (SSSR count). The zero-order valence-corrected chi connectivity index (χ0v) is 16.4. The molecule has 0 nitrogen and oxygen atoms in total. The van der Waals surface area contributed by atoms with E-state index in [1.54, 1.807) is 0 Å². The Hall–Kier alpha value is 0.217. The Kier molecular flexibility index (Phi) is 4.52. The molecule has 0 heterocycles. The van der Waals surface area contributed by atoms with Crippen LogP contribution in [-0.2, 0) is 0 Å². The fraction of sp³-hybridized carbons (Fsp3) is 1.00. The summed E-state index contributed by atoms with van der Waals surface area (Å²) >= 11 is 0. The molecule has 0 aromatic rings. The van der Waals surface area contributed by atoms with E-state index in [1.807, 2.05) is 0 Å². The molecule has 2 aliphatic carbocycles. The second kappa shape index (κ2) is 5.45. The second-order valence-corrected chi connectivity index (χ2v) is 14.8. The Balaban J connectivity index is 2.45. The quantitative estimate of drug-likeness (QED) is 0.535. The predicted molar refractivity (Wildman–Crippen MR) is 93.7 cm³/mol. The van der Waals surface area contributed by atoms with Crippen molar-refractivity contribution in [2.45, 2.75) is 73.1 Å². The summed E-state index contributed by atoms with van der Waals surface area (Å²) in [5.41, 5.74) is 1.05. The van der Waals surface area contributed by atoms with E-state index in [4.69, 9.17) is 0 Å². The van der Waals surface area contributed by atoms with Crippen molar-refractivity contribution in [1.82, 2.24) is 0 Å². The third-order valence-electron chi connectivity index (χ3n) is 7.77. The zero-order chi connectivity index (χ0) is 15.4. The van der Waals surface area contributed by atoms with Gasteiger partial charge in [-0.25, -0.2) is 0 Å².